The minimum atomic E-state index is -1.31. The predicted octanol–water partition coefficient (Wildman–Crippen LogP) is 15.8. The summed E-state index contributed by atoms with van der Waals surface area (Å²) < 4.78 is 5.52. The molecule has 6 aliphatic carbocycles. The Morgan fingerprint density at radius 3 is 0.861 bits per heavy atom. The van der Waals surface area contributed by atoms with Gasteiger partial charge in [-0.2, -0.15) is 0 Å². The summed E-state index contributed by atoms with van der Waals surface area (Å²) in [5, 5.41) is 41.1. The molecule has 3 N–H and O–H groups in total. The number of benzene rings is 3. The monoisotopic (exact) mass is 1570 g/mol. The molecule has 0 amide bonds. The number of carboxylic acid groups (broad SMARTS) is 3. The lowest BCUT2D eigenvalue weighted by Gasteiger charge is -2.55. The van der Waals surface area contributed by atoms with Gasteiger partial charge in [0.25, 0.3) is 16.7 Å². The summed E-state index contributed by atoms with van der Waals surface area (Å²) in [6.07, 6.45) is 43.4. The van der Waals surface area contributed by atoms with E-state index in [0.717, 1.165) is 90.6 Å². The number of carboxylic acids is 3. The summed E-state index contributed by atoms with van der Waals surface area (Å²) in [6.45, 7) is 9.00. The lowest BCUT2D eigenvalue weighted by Crippen LogP contribution is -2.58. The van der Waals surface area contributed by atoms with Crippen molar-refractivity contribution in [3.8, 4) is 0 Å². The van der Waals surface area contributed by atoms with Crippen molar-refractivity contribution >= 4 is 68.1 Å². The van der Waals surface area contributed by atoms with Crippen molar-refractivity contribution in [2.24, 2.45) is 51.0 Å². The Morgan fingerprint density at radius 1 is 0.348 bits per heavy atom. The van der Waals surface area contributed by atoms with Gasteiger partial charge in [-0.25, -0.2) is 29.3 Å². The molecule has 18 atom stereocenters. The highest BCUT2D eigenvalue weighted by atomic mass is 16.6. The molecule has 6 aromatic rings. The van der Waals surface area contributed by atoms with Crippen LogP contribution in [-0.2, 0) is 28.9 Å². The molecule has 3 aromatic heterocycles. The number of fused-ring (bicyclic) bond motifs is 15. The van der Waals surface area contributed by atoms with Crippen molar-refractivity contribution in [1.82, 2.24) is 43.4 Å². The Hall–Kier alpha value is -8.22. The minimum absolute atomic E-state index is 0.00244. The summed E-state index contributed by atoms with van der Waals surface area (Å²) in [5.74, 6) is 1.37. The predicted molar refractivity (Wildman–Crippen MR) is 444 cm³/mol. The van der Waals surface area contributed by atoms with Crippen LogP contribution in [0, 0.1) is 35.5 Å². The van der Waals surface area contributed by atoms with Crippen molar-refractivity contribution < 1.29 is 44.2 Å². The number of nitrogens with zero attached hydrogens (tertiary/aromatic N) is 12. The Balaban J connectivity index is 0.000000130. The number of oxime groups is 3. The quantitative estimate of drug-likeness (QED) is 0.0532. The van der Waals surface area contributed by atoms with Gasteiger partial charge in [-0.1, -0.05) is 142 Å². The van der Waals surface area contributed by atoms with Gasteiger partial charge in [-0.3, -0.25) is 29.1 Å². The number of aromatic nitrogens is 6. The van der Waals surface area contributed by atoms with Crippen LogP contribution in [0.15, 0.2) is 103 Å². The maximum Gasteiger partial charge on any atom is 0.360 e. The Kier molecular flexibility index (Phi) is 24.9. The fraction of sp³-hybridized carbons (Fsp3) is 0.670. The van der Waals surface area contributed by atoms with Gasteiger partial charge in [-0.15, -0.1) is 0 Å². The van der Waals surface area contributed by atoms with Crippen molar-refractivity contribution in [2.75, 3.05) is 6.61 Å². The standard InChI is InChI=1S/C31H42N4O4.2C30H40N4O4/c1-19(2)39-33-29(31(37)38)28-30(36)35(27-13-6-5-12-26(27)32-28)25-17-22-10-7-11-23(18-25)34(22)24-15-20-8-3-4-9-21(14-20)16-24;1-18(2)38-32-28(30(36)37)27-29(35)34(26-12-4-3-11-25(26)31-27)24-16-21-9-6-10-22(17-24)33(21)23-14-19-7-5-8-20(13-19)15-23;1-2-38-32-28(30(36)37)27-29(35)34(26-13-6-5-12-25(26)31-27)24-17-21-10-7-11-22(18-24)33(21)23-15-19-8-3-4-9-20(14-19)16-23/h5-6,12-13,19-25H,3-4,7-11,14-18H2,1-2H3,(H,37,38);3-4,11-12,18-24H,5-10,13-17H2,1-2H3,(H,36,37);5-6,12-13,19-24H,2-4,7-11,14-18H2,1H3,(H,36,37)/b33-29-;2*32-28-/t20-,21+,22-,23+,24?,25?;2*19-,20+,21-,22+,23?,24?. The number of hydrogen-bond donors (Lipinski definition) is 3. The Bertz CT molecular complexity index is 4720. The molecule has 9 heterocycles. The third-order valence-electron chi connectivity index (χ3n) is 28.8. The van der Waals surface area contributed by atoms with Gasteiger partial charge in [0.1, 0.15) is 18.8 Å². The average Bonchev–Trinajstić information content (AvgIpc) is 1.31. The molecule has 12 bridgehead atoms. The van der Waals surface area contributed by atoms with Crippen LogP contribution in [0.25, 0.3) is 33.1 Å². The van der Waals surface area contributed by atoms with Crippen LogP contribution in [0.2, 0.25) is 0 Å². The molecule has 3 aromatic carbocycles. The summed E-state index contributed by atoms with van der Waals surface area (Å²) in [4.78, 5) is 116. The van der Waals surface area contributed by atoms with E-state index in [9.17, 15) is 44.1 Å². The van der Waals surface area contributed by atoms with Crippen LogP contribution in [0.5, 0.6) is 0 Å². The van der Waals surface area contributed by atoms with E-state index in [0.29, 0.717) is 70.9 Å². The molecule has 12 fully saturated rings. The zero-order valence-electron chi connectivity index (χ0n) is 68.3. The van der Waals surface area contributed by atoms with Gasteiger partial charge < -0.3 is 43.5 Å². The fourth-order valence-corrected chi connectivity index (χ4v) is 24.8. The molecule has 6 saturated carbocycles. The van der Waals surface area contributed by atoms with Gasteiger partial charge in [-0.05, 0) is 241 Å². The normalized spacial score (nSPS) is 31.9. The van der Waals surface area contributed by atoms with Gasteiger partial charge in [0, 0.05) is 72.5 Å². The lowest BCUT2D eigenvalue weighted by atomic mass is 9.68. The molecule has 6 aliphatic heterocycles. The molecule has 12 aliphatic rings. The van der Waals surface area contributed by atoms with Crippen molar-refractivity contribution in [2.45, 2.75) is 344 Å². The first kappa shape index (κ1) is 80.6. The molecule has 115 heavy (non-hydrogen) atoms. The zero-order chi connectivity index (χ0) is 79.7. The second kappa shape index (κ2) is 35.5. The molecule has 24 nitrogen and oxygen atoms in total. The van der Waals surface area contributed by atoms with Gasteiger partial charge in [0.15, 0.2) is 17.1 Å². The van der Waals surface area contributed by atoms with E-state index in [1.807, 2.05) is 86.5 Å². The Labute approximate surface area is 674 Å². The number of piperidine rings is 6. The van der Waals surface area contributed by atoms with Gasteiger partial charge in [0.2, 0.25) is 17.1 Å². The van der Waals surface area contributed by atoms with Crippen LogP contribution in [0.1, 0.15) is 295 Å². The number of carbonyl (C=O) groups is 3. The van der Waals surface area contributed by atoms with Crippen molar-refractivity contribution in [3.63, 3.8) is 0 Å². The molecular weight excluding hydrogens is 1450 g/mol. The first-order valence-electron chi connectivity index (χ1n) is 44.6. The van der Waals surface area contributed by atoms with E-state index >= 15 is 0 Å². The maximum atomic E-state index is 14.0. The molecule has 0 spiro atoms. The second-order valence-electron chi connectivity index (χ2n) is 37.0. The van der Waals surface area contributed by atoms with E-state index in [2.05, 4.69) is 45.1 Å². The van der Waals surface area contributed by atoms with Crippen molar-refractivity contribution in [3.05, 3.63) is 121 Å². The number of aliphatic carboxylic acids is 3. The first-order valence-corrected chi connectivity index (χ1v) is 44.6. The molecule has 6 unspecified atom stereocenters. The van der Waals surface area contributed by atoms with Crippen LogP contribution in [0.4, 0.5) is 0 Å². The molecule has 618 valence electrons. The smallest absolute Gasteiger partial charge is 0.360 e. The number of para-hydroxylation sites is 6. The van der Waals surface area contributed by atoms with Crippen LogP contribution >= 0.6 is 0 Å². The topological polar surface area (TPSA) is 291 Å². The third kappa shape index (κ3) is 17.3. The summed E-state index contributed by atoms with van der Waals surface area (Å²) in [7, 11) is 0. The van der Waals surface area contributed by atoms with Gasteiger partial charge in [0.05, 0.1) is 33.1 Å². The van der Waals surface area contributed by atoms with E-state index in [4.69, 9.17) is 14.5 Å². The summed E-state index contributed by atoms with van der Waals surface area (Å²) >= 11 is 0. The molecule has 18 rings (SSSR count). The highest BCUT2D eigenvalue weighted by molar-refractivity contribution is 6.43. The SMILES string of the molecule is CC(C)O/N=C(\C(=O)O)c1nc2ccccc2n(C2C[C@H]3CCC[C@@H](C2)N3C2C[C@H]3CCCC[C@@H](C2)C3)c1=O.CC(C)O/N=C(\C(=O)O)c1nc2ccccc2n(C2C[C@H]3CCC[C@@H](C2)N3C2C[C@H]3CCC[C@@H](C2)C3)c1=O.CCO/N=C(\C(=O)O)c1nc2ccccc2n(C2C[C@H]3CCC[C@@H](C2)N3C2C[C@H]3CCCC[C@@H](C2)C3)c1=O. The molecule has 0 radical (unpaired) electrons. The lowest BCUT2D eigenvalue weighted by molar-refractivity contribution is -0.130. The third-order valence-corrected chi connectivity index (χ3v) is 28.8. The van der Waals surface area contributed by atoms with E-state index in [1.165, 1.54) is 186 Å². The average molecular weight is 1580 g/mol. The molecule has 6 saturated heterocycles. The fourth-order valence-electron chi connectivity index (χ4n) is 24.8. The first-order chi connectivity index (χ1) is 55.8. The van der Waals surface area contributed by atoms with E-state index in [1.54, 1.807) is 34.6 Å². The minimum Gasteiger partial charge on any atom is -0.476 e. The zero-order valence-corrected chi connectivity index (χ0v) is 68.3. The largest absolute Gasteiger partial charge is 0.476 e. The van der Waals surface area contributed by atoms with Crippen molar-refractivity contribution in [1.29, 1.82) is 0 Å². The maximum absolute atomic E-state index is 14.0. The van der Waals surface area contributed by atoms with Crippen LogP contribution in [-0.4, -0.2) is 167 Å². The summed E-state index contributed by atoms with van der Waals surface area (Å²) in [6, 6.07) is 27.5. The number of rotatable bonds is 18. The van der Waals surface area contributed by atoms with Crippen LogP contribution < -0.4 is 16.7 Å². The number of hydrogen-bond acceptors (Lipinski definition) is 18. The highest BCUT2D eigenvalue weighted by Gasteiger charge is 2.50. The second-order valence-corrected chi connectivity index (χ2v) is 37.0. The molecule has 24 heteroatoms. The van der Waals surface area contributed by atoms with E-state index in [-0.39, 0.29) is 70.7 Å². The van der Waals surface area contributed by atoms with Crippen LogP contribution in [0.3, 0.4) is 0 Å². The van der Waals surface area contributed by atoms with Gasteiger partial charge >= 0.3 is 17.9 Å². The Morgan fingerprint density at radius 2 is 0.600 bits per heavy atom. The molecular formula is C91H122N12O12. The van der Waals surface area contributed by atoms with E-state index < -0.39 is 35.0 Å². The summed E-state index contributed by atoms with van der Waals surface area (Å²) in [5.41, 5.74) is 1.21. The highest BCUT2D eigenvalue weighted by Crippen LogP contribution is 2.52.